The summed E-state index contributed by atoms with van der Waals surface area (Å²) in [5.74, 6) is -5.55. The molecule has 2 aromatic rings. The second-order valence-electron chi connectivity index (χ2n) is 6.41. The first-order valence-electron chi connectivity index (χ1n) is 8.74. The molecule has 1 unspecified atom stereocenters. The highest BCUT2D eigenvalue weighted by molar-refractivity contribution is 5.96. The molecule has 0 radical (unpaired) electrons. The van der Waals surface area contributed by atoms with Crippen molar-refractivity contribution in [2.45, 2.75) is 12.0 Å². The highest BCUT2D eigenvalue weighted by Gasteiger charge is 2.43. The number of anilines is 2. The van der Waals surface area contributed by atoms with Gasteiger partial charge in [-0.05, 0) is 35.9 Å². The zero-order valence-corrected chi connectivity index (χ0v) is 16.0. The van der Waals surface area contributed by atoms with Crippen molar-refractivity contribution in [1.82, 2.24) is 0 Å². The SMILES string of the molecule is CN(C)c1ccc(/C=C/C(O)C(F)(F)C(=O)/C=C\Nc2ccccc2C#N)cc1. The number of aliphatic hydroxyl groups is 1. The number of nitrogens with zero attached hydrogens (tertiary/aromatic N) is 2. The van der Waals surface area contributed by atoms with Crippen LogP contribution in [0.1, 0.15) is 11.1 Å². The van der Waals surface area contributed by atoms with Crippen molar-refractivity contribution >= 4 is 23.2 Å². The molecule has 0 saturated carbocycles. The monoisotopic (exact) mass is 397 g/mol. The summed E-state index contributed by atoms with van der Waals surface area (Å²) in [5.41, 5.74) is 2.24. The predicted octanol–water partition coefficient (Wildman–Crippen LogP) is 3.83. The van der Waals surface area contributed by atoms with Crippen molar-refractivity contribution < 1.29 is 18.7 Å². The molecule has 0 saturated heterocycles. The molecule has 2 N–H and O–H groups in total. The molecule has 0 bridgehead atoms. The van der Waals surface area contributed by atoms with Crippen molar-refractivity contribution in [3.63, 3.8) is 0 Å². The van der Waals surface area contributed by atoms with E-state index in [0.717, 1.165) is 18.0 Å². The summed E-state index contributed by atoms with van der Waals surface area (Å²) in [5, 5.41) is 21.4. The quantitative estimate of drug-likeness (QED) is 0.662. The summed E-state index contributed by atoms with van der Waals surface area (Å²) < 4.78 is 28.3. The highest BCUT2D eigenvalue weighted by Crippen LogP contribution is 2.23. The van der Waals surface area contributed by atoms with Crippen molar-refractivity contribution in [3.8, 4) is 6.07 Å². The Morgan fingerprint density at radius 1 is 1.21 bits per heavy atom. The number of hydrogen-bond acceptors (Lipinski definition) is 5. The van der Waals surface area contributed by atoms with Crippen LogP contribution in [-0.4, -0.2) is 37.0 Å². The van der Waals surface area contributed by atoms with Gasteiger partial charge in [-0.15, -0.1) is 0 Å². The van der Waals surface area contributed by atoms with E-state index in [0.29, 0.717) is 22.9 Å². The first-order chi connectivity index (χ1) is 13.8. The van der Waals surface area contributed by atoms with Crippen LogP contribution in [0.2, 0.25) is 0 Å². The van der Waals surface area contributed by atoms with Gasteiger partial charge in [-0.1, -0.05) is 30.3 Å². The third-order valence-electron chi connectivity index (χ3n) is 4.10. The lowest BCUT2D eigenvalue weighted by Crippen LogP contribution is -2.39. The van der Waals surface area contributed by atoms with Crippen LogP contribution in [0.15, 0.2) is 66.9 Å². The van der Waals surface area contributed by atoms with E-state index in [4.69, 9.17) is 5.26 Å². The van der Waals surface area contributed by atoms with E-state index in [2.05, 4.69) is 5.32 Å². The Labute approximate surface area is 168 Å². The second-order valence-corrected chi connectivity index (χ2v) is 6.41. The van der Waals surface area contributed by atoms with Gasteiger partial charge >= 0.3 is 5.92 Å². The van der Waals surface area contributed by atoms with Crippen LogP contribution >= 0.6 is 0 Å². The van der Waals surface area contributed by atoms with Crippen LogP contribution in [0, 0.1) is 11.3 Å². The van der Waals surface area contributed by atoms with E-state index < -0.39 is 17.8 Å². The molecule has 29 heavy (non-hydrogen) atoms. The molecular formula is C22H21F2N3O2. The number of nitriles is 1. The van der Waals surface area contributed by atoms with Crippen molar-refractivity contribution in [1.29, 1.82) is 5.26 Å². The number of hydrogen-bond donors (Lipinski definition) is 2. The molecule has 1 atom stereocenters. The number of rotatable bonds is 8. The lowest BCUT2D eigenvalue weighted by Gasteiger charge is -2.17. The van der Waals surface area contributed by atoms with E-state index >= 15 is 0 Å². The molecule has 0 aliphatic heterocycles. The minimum absolute atomic E-state index is 0.305. The number of carbonyl (C=O) groups excluding carboxylic acids is 1. The van der Waals surface area contributed by atoms with E-state index in [1.165, 1.54) is 6.08 Å². The average molecular weight is 397 g/mol. The minimum atomic E-state index is -3.99. The van der Waals surface area contributed by atoms with Crippen molar-refractivity contribution in [2.75, 3.05) is 24.3 Å². The van der Waals surface area contributed by atoms with Crippen LogP contribution in [-0.2, 0) is 4.79 Å². The lowest BCUT2D eigenvalue weighted by atomic mass is 10.1. The lowest BCUT2D eigenvalue weighted by molar-refractivity contribution is -0.149. The number of ketones is 1. The molecule has 0 fully saturated rings. The number of alkyl halides is 2. The Balaban J connectivity index is 2.02. The van der Waals surface area contributed by atoms with Gasteiger partial charge in [0, 0.05) is 32.1 Å². The first kappa shape index (κ1) is 21.8. The maximum Gasteiger partial charge on any atom is 0.337 e. The summed E-state index contributed by atoms with van der Waals surface area (Å²) in [6.45, 7) is 0. The summed E-state index contributed by atoms with van der Waals surface area (Å²) >= 11 is 0. The number of carbonyl (C=O) groups is 1. The molecule has 5 nitrogen and oxygen atoms in total. The summed E-state index contributed by atoms with van der Waals surface area (Å²) in [4.78, 5) is 13.7. The Kier molecular flexibility index (Phi) is 7.23. The normalized spacial score (nSPS) is 12.7. The van der Waals surface area contributed by atoms with E-state index in [1.807, 2.05) is 37.2 Å². The summed E-state index contributed by atoms with van der Waals surface area (Å²) in [6, 6.07) is 15.4. The molecule has 0 heterocycles. The van der Waals surface area contributed by atoms with E-state index in [9.17, 15) is 18.7 Å². The second kappa shape index (κ2) is 9.62. The molecule has 0 aliphatic carbocycles. The van der Waals surface area contributed by atoms with E-state index in [-0.39, 0.29) is 0 Å². The minimum Gasteiger partial charge on any atom is -0.382 e. The van der Waals surface area contributed by atoms with Crippen LogP contribution in [0.5, 0.6) is 0 Å². The predicted molar refractivity (Wildman–Crippen MR) is 110 cm³/mol. The van der Waals surface area contributed by atoms with Gasteiger partial charge in [0.25, 0.3) is 0 Å². The molecule has 0 aliphatic rings. The van der Waals surface area contributed by atoms with Crippen LogP contribution in [0.25, 0.3) is 6.08 Å². The topological polar surface area (TPSA) is 76.4 Å². The number of halogens is 2. The molecular weight excluding hydrogens is 376 g/mol. The van der Waals surface area contributed by atoms with Gasteiger partial charge in [0.15, 0.2) is 0 Å². The molecule has 2 rings (SSSR count). The van der Waals surface area contributed by atoms with Crippen LogP contribution in [0.3, 0.4) is 0 Å². The summed E-state index contributed by atoms with van der Waals surface area (Å²) in [7, 11) is 3.75. The third-order valence-corrected chi connectivity index (χ3v) is 4.10. The van der Waals surface area contributed by atoms with Gasteiger partial charge in [-0.25, -0.2) is 0 Å². The fourth-order valence-electron chi connectivity index (χ4n) is 2.38. The Bertz CT molecular complexity index is 945. The molecule has 7 heteroatoms. The van der Waals surface area contributed by atoms with Crippen molar-refractivity contribution in [3.05, 3.63) is 78.0 Å². The maximum atomic E-state index is 14.2. The Morgan fingerprint density at radius 3 is 2.48 bits per heavy atom. The zero-order valence-electron chi connectivity index (χ0n) is 16.0. The number of aliphatic hydroxyl groups excluding tert-OH is 1. The first-order valence-corrected chi connectivity index (χ1v) is 8.74. The fraction of sp³-hybridized carbons (Fsp3) is 0.182. The van der Waals surface area contributed by atoms with Crippen LogP contribution in [0.4, 0.5) is 20.2 Å². The van der Waals surface area contributed by atoms with Gasteiger partial charge in [0.05, 0.1) is 11.3 Å². The number of nitrogens with one attached hydrogen (secondary N) is 1. The Hall–Kier alpha value is -3.50. The average Bonchev–Trinajstić information content (AvgIpc) is 2.72. The smallest absolute Gasteiger partial charge is 0.337 e. The number of para-hydroxylation sites is 1. The molecule has 0 spiro atoms. The van der Waals surface area contributed by atoms with Crippen LogP contribution < -0.4 is 10.2 Å². The van der Waals surface area contributed by atoms with E-state index in [1.54, 1.807) is 36.4 Å². The highest BCUT2D eigenvalue weighted by atomic mass is 19.3. The maximum absolute atomic E-state index is 14.2. The molecule has 0 amide bonds. The zero-order chi connectivity index (χ0) is 21.4. The standard InChI is InChI=1S/C22H21F2N3O2/c1-27(2)18-10-7-16(8-11-18)9-12-20(28)22(23,24)21(29)13-14-26-19-6-4-3-5-17(19)15-25/h3-14,20,26,28H,1-2H3/b12-9+,14-13-. The number of allylic oxidation sites excluding steroid dienone is 1. The molecule has 150 valence electrons. The van der Waals surface area contributed by atoms with Gasteiger partial charge in [0.2, 0.25) is 5.78 Å². The number of benzene rings is 2. The molecule has 2 aromatic carbocycles. The molecule has 0 aromatic heterocycles. The fourth-order valence-corrected chi connectivity index (χ4v) is 2.38. The van der Waals surface area contributed by atoms with Gasteiger partial charge in [-0.2, -0.15) is 14.0 Å². The van der Waals surface area contributed by atoms with Crippen molar-refractivity contribution in [2.24, 2.45) is 0 Å². The Morgan fingerprint density at radius 2 is 1.86 bits per heavy atom. The third kappa shape index (κ3) is 5.74. The van der Waals surface area contributed by atoms with Gasteiger partial charge in [0.1, 0.15) is 12.2 Å². The summed E-state index contributed by atoms with van der Waals surface area (Å²) in [6.07, 6.45) is 1.59. The largest absolute Gasteiger partial charge is 0.382 e. The van der Waals surface area contributed by atoms with Gasteiger partial charge < -0.3 is 15.3 Å². The van der Waals surface area contributed by atoms with Gasteiger partial charge in [-0.3, -0.25) is 4.79 Å².